The number of hydrogen-bond donors (Lipinski definition) is 0. The van der Waals surface area contributed by atoms with Crippen LogP contribution in [-0.4, -0.2) is 19.1 Å². The maximum atomic E-state index is 6.29. The molecule has 290 valence electrons. The monoisotopic (exact) mass is 784 g/mol. The minimum atomic E-state index is 0.701. The number of para-hydroxylation sites is 3. The third-order valence-corrected chi connectivity index (χ3v) is 11.8. The number of aromatic nitrogens is 4. The van der Waals surface area contributed by atoms with Gasteiger partial charge in [0, 0.05) is 43.9 Å². The van der Waals surface area contributed by atoms with Crippen molar-refractivity contribution in [1.29, 1.82) is 0 Å². The standard InChI is InChI=1S/C52H32N4O.C4H8/c1-3-11-33(12-4-1)35-21-26-47-43(29-35)44-31-37(36-22-27-46-42(30-36)40-15-7-9-17-45(40)55(46)38-13-5-2-6-14-38)23-28-48(44)56(47)39-24-19-34(20-25-39)50-52-51(54-32-53-50)41-16-8-10-18-49(41)57-52;1-3-4-2/h1-32H;3-4H,1-2H3/b;4-3-. The van der Waals surface area contributed by atoms with Crippen molar-refractivity contribution in [3.63, 3.8) is 0 Å². The van der Waals surface area contributed by atoms with Crippen LogP contribution in [0.1, 0.15) is 13.8 Å². The van der Waals surface area contributed by atoms with E-state index in [1.165, 1.54) is 54.8 Å². The molecule has 0 unspecified atom stereocenters. The SMILES string of the molecule is C/C=C\C.c1ccc(-c2ccc3c(c2)c2cc(-c4ccc5c(c4)c4ccccc4n5-c4ccccc4)ccc2n3-c2ccc(-c3ncnc4c3oc3ccccc34)cc2)cc1. The van der Waals surface area contributed by atoms with Crippen LogP contribution in [0, 0.1) is 0 Å². The van der Waals surface area contributed by atoms with E-state index in [-0.39, 0.29) is 0 Å². The molecule has 0 spiro atoms. The summed E-state index contributed by atoms with van der Waals surface area (Å²) in [5, 5.41) is 5.89. The van der Waals surface area contributed by atoms with Crippen LogP contribution in [0.25, 0.3) is 111 Å². The highest BCUT2D eigenvalue weighted by Gasteiger charge is 2.18. The fourth-order valence-electron chi connectivity index (χ4n) is 8.80. The third kappa shape index (κ3) is 6.09. The van der Waals surface area contributed by atoms with E-state index in [0.29, 0.717) is 5.58 Å². The number of allylic oxidation sites excluding steroid dienone is 2. The van der Waals surface area contributed by atoms with Crippen LogP contribution >= 0.6 is 0 Å². The first-order valence-corrected chi connectivity index (χ1v) is 20.7. The van der Waals surface area contributed by atoms with Crippen molar-refractivity contribution in [1.82, 2.24) is 19.1 Å². The van der Waals surface area contributed by atoms with Crippen molar-refractivity contribution in [2.24, 2.45) is 0 Å². The molecule has 0 radical (unpaired) electrons. The van der Waals surface area contributed by atoms with E-state index in [4.69, 9.17) is 4.42 Å². The molecular formula is C56H40N4O. The van der Waals surface area contributed by atoms with Crippen molar-refractivity contribution in [2.45, 2.75) is 13.8 Å². The lowest BCUT2D eigenvalue weighted by Gasteiger charge is -2.10. The molecule has 8 aromatic carbocycles. The Morgan fingerprint density at radius 2 is 0.869 bits per heavy atom. The van der Waals surface area contributed by atoms with Crippen LogP contribution in [0.15, 0.2) is 211 Å². The molecule has 0 aliphatic heterocycles. The van der Waals surface area contributed by atoms with Crippen molar-refractivity contribution in [3.05, 3.63) is 207 Å². The normalized spacial score (nSPS) is 11.7. The molecule has 12 rings (SSSR count). The van der Waals surface area contributed by atoms with Gasteiger partial charge >= 0.3 is 0 Å². The minimum Gasteiger partial charge on any atom is -0.452 e. The molecule has 0 N–H and O–H groups in total. The molecule has 0 bridgehead atoms. The smallest absolute Gasteiger partial charge is 0.180 e. The Hall–Kier alpha value is -8.02. The van der Waals surface area contributed by atoms with Crippen molar-refractivity contribution in [2.75, 3.05) is 0 Å². The molecule has 5 nitrogen and oxygen atoms in total. The number of rotatable bonds is 5. The van der Waals surface area contributed by atoms with E-state index >= 15 is 0 Å². The van der Waals surface area contributed by atoms with Gasteiger partial charge in [-0.1, -0.05) is 121 Å². The summed E-state index contributed by atoms with van der Waals surface area (Å²) in [4.78, 5) is 9.25. The van der Waals surface area contributed by atoms with Gasteiger partial charge in [0.05, 0.1) is 22.1 Å². The highest BCUT2D eigenvalue weighted by molar-refractivity contribution is 6.13. The zero-order valence-corrected chi connectivity index (χ0v) is 33.8. The van der Waals surface area contributed by atoms with Crippen LogP contribution in [-0.2, 0) is 0 Å². The number of hydrogen-bond acceptors (Lipinski definition) is 3. The minimum absolute atomic E-state index is 0.701. The molecule has 0 aliphatic carbocycles. The van der Waals surface area contributed by atoms with Gasteiger partial charge in [-0.3, -0.25) is 0 Å². The zero-order chi connectivity index (χ0) is 40.9. The molecule has 61 heavy (non-hydrogen) atoms. The molecule has 0 atom stereocenters. The summed E-state index contributed by atoms with van der Waals surface area (Å²) in [6.45, 7) is 4.00. The van der Waals surface area contributed by atoms with E-state index in [1.54, 1.807) is 6.33 Å². The first-order chi connectivity index (χ1) is 30.2. The van der Waals surface area contributed by atoms with E-state index in [9.17, 15) is 0 Å². The molecule has 5 heteroatoms. The van der Waals surface area contributed by atoms with Crippen LogP contribution in [0.2, 0.25) is 0 Å². The van der Waals surface area contributed by atoms with Gasteiger partial charge in [-0.05, 0) is 115 Å². The summed E-state index contributed by atoms with van der Waals surface area (Å²) in [7, 11) is 0. The first kappa shape index (κ1) is 36.1. The molecular weight excluding hydrogens is 745 g/mol. The quantitative estimate of drug-likeness (QED) is 0.163. The van der Waals surface area contributed by atoms with Gasteiger partial charge in [0.25, 0.3) is 0 Å². The molecule has 4 heterocycles. The Labute approximate surface area is 353 Å². The Morgan fingerprint density at radius 1 is 0.393 bits per heavy atom. The molecule has 0 amide bonds. The number of fused-ring (bicyclic) bond motifs is 9. The molecule has 0 fully saturated rings. The van der Waals surface area contributed by atoms with Gasteiger partial charge in [0.1, 0.15) is 23.1 Å². The predicted molar refractivity (Wildman–Crippen MR) is 255 cm³/mol. The van der Waals surface area contributed by atoms with E-state index in [2.05, 4.69) is 183 Å². The lowest BCUT2D eigenvalue weighted by Crippen LogP contribution is -1.94. The Balaban J connectivity index is 0.00000101. The molecule has 0 saturated heterocycles. The molecule has 4 aromatic heterocycles. The van der Waals surface area contributed by atoms with E-state index in [0.717, 1.165) is 50.2 Å². The van der Waals surface area contributed by atoms with Crippen LogP contribution in [0.3, 0.4) is 0 Å². The number of nitrogens with zero attached hydrogens (tertiary/aromatic N) is 4. The molecule has 12 aromatic rings. The van der Waals surface area contributed by atoms with Crippen LogP contribution < -0.4 is 0 Å². The summed E-state index contributed by atoms with van der Waals surface area (Å²) in [5.74, 6) is 0. The highest BCUT2D eigenvalue weighted by atomic mass is 16.3. The van der Waals surface area contributed by atoms with Gasteiger partial charge in [-0.15, -0.1) is 0 Å². The average Bonchev–Trinajstić information content (AvgIpc) is 3.99. The summed E-state index contributed by atoms with van der Waals surface area (Å²) in [6.07, 6.45) is 5.63. The third-order valence-electron chi connectivity index (χ3n) is 11.8. The Kier molecular flexibility index (Phi) is 8.86. The van der Waals surface area contributed by atoms with Gasteiger partial charge < -0.3 is 13.6 Å². The van der Waals surface area contributed by atoms with Crippen molar-refractivity contribution >= 4 is 65.7 Å². The van der Waals surface area contributed by atoms with Crippen LogP contribution in [0.4, 0.5) is 0 Å². The fourth-order valence-corrected chi connectivity index (χ4v) is 8.80. The number of benzene rings is 8. The van der Waals surface area contributed by atoms with Crippen molar-refractivity contribution < 1.29 is 4.42 Å². The maximum absolute atomic E-state index is 6.29. The Morgan fingerprint density at radius 3 is 1.49 bits per heavy atom. The van der Waals surface area contributed by atoms with E-state index < -0.39 is 0 Å². The van der Waals surface area contributed by atoms with Gasteiger partial charge in [0.15, 0.2) is 5.58 Å². The lowest BCUT2D eigenvalue weighted by molar-refractivity contribution is 0.667. The topological polar surface area (TPSA) is 48.8 Å². The van der Waals surface area contributed by atoms with Gasteiger partial charge in [-0.25, -0.2) is 9.97 Å². The fraction of sp³-hybridized carbons (Fsp3) is 0.0357. The Bertz CT molecular complexity index is 3590. The van der Waals surface area contributed by atoms with Gasteiger partial charge in [0.2, 0.25) is 0 Å². The second-order valence-corrected chi connectivity index (χ2v) is 15.3. The lowest BCUT2D eigenvalue weighted by atomic mass is 9.99. The molecule has 0 saturated carbocycles. The summed E-state index contributed by atoms with van der Waals surface area (Å²) < 4.78 is 11.0. The largest absolute Gasteiger partial charge is 0.452 e. The predicted octanol–water partition coefficient (Wildman–Crippen LogP) is 15.2. The number of furan rings is 1. The van der Waals surface area contributed by atoms with E-state index in [1.807, 2.05) is 50.3 Å². The second-order valence-electron chi connectivity index (χ2n) is 15.3. The first-order valence-electron chi connectivity index (χ1n) is 20.7. The zero-order valence-electron chi connectivity index (χ0n) is 33.8. The summed E-state index contributed by atoms with van der Waals surface area (Å²) in [5.41, 5.74) is 15.8. The molecule has 0 aliphatic rings. The highest BCUT2D eigenvalue weighted by Crippen LogP contribution is 2.40. The van der Waals surface area contributed by atoms with Crippen molar-refractivity contribution in [3.8, 4) is 44.9 Å². The summed E-state index contributed by atoms with van der Waals surface area (Å²) >= 11 is 0. The maximum Gasteiger partial charge on any atom is 0.180 e. The van der Waals surface area contributed by atoms with Crippen LogP contribution in [0.5, 0.6) is 0 Å². The average molecular weight is 785 g/mol. The van der Waals surface area contributed by atoms with Gasteiger partial charge in [-0.2, -0.15) is 0 Å². The summed E-state index contributed by atoms with van der Waals surface area (Å²) in [6, 6.07) is 67.3. The second kappa shape index (κ2) is 15.0.